The quantitative estimate of drug-likeness (QED) is 0.342. The molecule has 0 saturated heterocycles. The van der Waals surface area contributed by atoms with Gasteiger partial charge in [-0.15, -0.1) is 5.10 Å². The number of carboxylic acid groups (broad SMARTS) is 1. The molecule has 0 bridgehead atoms. The number of nitrogens with zero attached hydrogens (tertiary/aromatic N) is 3. The summed E-state index contributed by atoms with van der Waals surface area (Å²) in [6.07, 6.45) is 5.95. The first-order valence-electron chi connectivity index (χ1n) is 11.2. The van der Waals surface area contributed by atoms with E-state index in [2.05, 4.69) is 28.3 Å². The zero-order valence-corrected chi connectivity index (χ0v) is 19.1. The molecule has 2 heterocycles. The second kappa shape index (κ2) is 11.1. The van der Waals surface area contributed by atoms with E-state index in [0.29, 0.717) is 32.1 Å². The lowest BCUT2D eigenvalue weighted by atomic mass is 10.1. The van der Waals surface area contributed by atoms with Gasteiger partial charge in [0, 0.05) is 41.7 Å². The number of aromatic nitrogens is 3. The largest absolute Gasteiger partial charge is 0.489 e. The summed E-state index contributed by atoms with van der Waals surface area (Å²) in [5.74, 6) is 0.426. The van der Waals surface area contributed by atoms with Gasteiger partial charge in [-0.05, 0) is 42.7 Å². The average molecular weight is 458 g/mol. The molecule has 0 saturated carbocycles. The van der Waals surface area contributed by atoms with Crippen molar-refractivity contribution in [2.24, 2.45) is 0 Å². The minimum Gasteiger partial charge on any atom is -0.489 e. The second-order valence-corrected chi connectivity index (χ2v) is 7.86. The van der Waals surface area contributed by atoms with E-state index in [4.69, 9.17) is 14.6 Å². The minimum atomic E-state index is -0.839. The third-order valence-corrected chi connectivity index (χ3v) is 5.26. The van der Waals surface area contributed by atoms with Crippen LogP contribution in [0.4, 0.5) is 0 Å². The summed E-state index contributed by atoms with van der Waals surface area (Å²) in [5.41, 5.74) is 5.04. The number of aliphatic carboxylic acids is 1. The van der Waals surface area contributed by atoms with Gasteiger partial charge in [-0.2, -0.15) is 0 Å². The molecule has 0 aliphatic heterocycles. The van der Waals surface area contributed by atoms with E-state index in [9.17, 15) is 4.79 Å². The predicted octanol–water partition coefficient (Wildman–Crippen LogP) is 4.99. The van der Waals surface area contributed by atoms with Gasteiger partial charge in [-0.3, -0.25) is 14.5 Å². The molecule has 0 unspecified atom stereocenters. The molecule has 7 heteroatoms. The Balaban J connectivity index is 1.37. The van der Waals surface area contributed by atoms with Crippen LogP contribution in [-0.4, -0.2) is 32.4 Å². The standard InChI is InChI=1S/C27H27N3O4/c1-2-33-27-23(10-13-26(31)32)18-30(29-27)17-20-8-11-25(12-9-20)34-19-21-14-24(16-28-15-21)22-6-4-3-5-7-22/h3-9,11-12,14-16,18H,2,10,13,17,19H2,1H3,(H,31,32). The number of benzene rings is 2. The molecule has 2 aromatic carbocycles. The van der Waals surface area contributed by atoms with Crippen molar-refractivity contribution in [3.05, 3.63) is 95.9 Å². The van der Waals surface area contributed by atoms with Crippen molar-refractivity contribution < 1.29 is 19.4 Å². The van der Waals surface area contributed by atoms with Crippen LogP contribution in [-0.2, 0) is 24.4 Å². The van der Waals surface area contributed by atoms with E-state index in [1.807, 2.05) is 68.0 Å². The van der Waals surface area contributed by atoms with E-state index < -0.39 is 5.97 Å². The van der Waals surface area contributed by atoms with Crippen molar-refractivity contribution in [1.82, 2.24) is 14.8 Å². The highest BCUT2D eigenvalue weighted by Crippen LogP contribution is 2.22. The lowest BCUT2D eigenvalue weighted by molar-refractivity contribution is -0.136. The molecular formula is C27H27N3O4. The molecule has 2 aromatic heterocycles. The maximum atomic E-state index is 10.9. The van der Waals surface area contributed by atoms with Crippen molar-refractivity contribution in [1.29, 1.82) is 0 Å². The smallest absolute Gasteiger partial charge is 0.303 e. The van der Waals surface area contributed by atoms with E-state index in [0.717, 1.165) is 33.6 Å². The van der Waals surface area contributed by atoms with Crippen molar-refractivity contribution >= 4 is 5.97 Å². The van der Waals surface area contributed by atoms with Crippen LogP contribution < -0.4 is 9.47 Å². The summed E-state index contributed by atoms with van der Waals surface area (Å²) in [6.45, 7) is 3.34. The third kappa shape index (κ3) is 6.22. The van der Waals surface area contributed by atoms with Gasteiger partial charge in [-0.1, -0.05) is 42.5 Å². The molecule has 7 nitrogen and oxygen atoms in total. The van der Waals surface area contributed by atoms with Crippen LogP contribution in [0.15, 0.2) is 79.3 Å². The molecule has 4 rings (SSSR count). The maximum Gasteiger partial charge on any atom is 0.303 e. The molecule has 0 fully saturated rings. The number of hydrogen-bond acceptors (Lipinski definition) is 5. The van der Waals surface area contributed by atoms with Crippen LogP contribution >= 0.6 is 0 Å². The average Bonchev–Trinajstić information content (AvgIpc) is 3.24. The monoisotopic (exact) mass is 457 g/mol. The van der Waals surface area contributed by atoms with Gasteiger partial charge in [-0.25, -0.2) is 0 Å². The molecule has 0 aliphatic carbocycles. The fourth-order valence-electron chi connectivity index (χ4n) is 3.60. The number of aryl methyl sites for hydroxylation is 1. The van der Waals surface area contributed by atoms with Crippen LogP contribution in [0.1, 0.15) is 30.0 Å². The molecule has 0 aliphatic rings. The van der Waals surface area contributed by atoms with Crippen LogP contribution in [0.2, 0.25) is 0 Å². The van der Waals surface area contributed by atoms with Gasteiger partial charge in [0.1, 0.15) is 12.4 Å². The first-order chi connectivity index (χ1) is 16.6. The first kappa shape index (κ1) is 23.0. The Morgan fingerprint density at radius 2 is 1.76 bits per heavy atom. The Kier molecular flexibility index (Phi) is 7.55. The number of hydrogen-bond donors (Lipinski definition) is 1. The van der Waals surface area contributed by atoms with E-state index in [1.54, 1.807) is 4.68 Å². The Bertz CT molecular complexity index is 1220. The predicted molar refractivity (Wildman–Crippen MR) is 129 cm³/mol. The summed E-state index contributed by atoms with van der Waals surface area (Å²) in [7, 11) is 0. The zero-order chi connectivity index (χ0) is 23.8. The van der Waals surface area contributed by atoms with Gasteiger partial charge in [0.25, 0.3) is 0 Å². The van der Waals surface area contributed by atoms with Gasteiger partial charge in [0.2, 0.25) is 5.88 Å². The molecule has 34 heavy (non-hydrogen) atoms. The Hall–Kier alpha value is -4.13. The highest BCUT2D eigenvalue weighted by molar-refractivity contribution is 5.67. The van der Waals surface area contributed by atoms with Crippen LogP contribution in [0, 0.1) is 0 Å². The van der Waals surface area contributed by atoms with E-state index in [-0.39, 0.29) is 6.42 Å². The fraction of sp³-hybridized carbons (Fsp3) is 0.222. The molecule has 0 amide bonds. The summed E-state index contributed by atoms with van der Waals surface area (Å²) >= 11 is 0. The summed E-state index contributed by atoms with van der Waals surface area (Å²) in [6, 6.07) is 20.1. The molecule has 1 N–H and O–H groups in total. The zero-order valence-electron chi connectivity index (χ0n) is 19.1. The topological polar surface area (TPSA) is 86.5 Å². The number of rotatable bonds is 11. The Labute approximate surface area is 198 Å². The highest BCUT2D eigenvalue weighted by Gasteiger charge is 2.12. The minimum absolute atomic E-state index is 0.0432. The van der Waals surface area contributed by atoms with Gasteiger partial charge in [0.15, 0.2) is 0 Å². The summed E-state index contributed by atoms with van der Waals surface area (Å²) in [5, 5.41) is 13.4. The second-order valence-electron chi connectivity index (χ2n) is 7.86. The molecular weight excluding hydrogens is 430 g/mol. The molecule has 0 spiro atoms. The van der Waals surface area contributed by atoms with Crippen LogP contribution in [0.5, 0.6) is 11.6 Å². The lowest BCUT2D eigenvalue weighted by Crippen LogP contribution is -2.02. The van der Waals surface area contributed by atoms with E-state index >= 15 is 0 Å². The normalized spacial score (nSPS) is 10.7. The third-order valence-electron chi connectivity index (χ3n) is 5.26. The van der Waals surface area contributed by atoms with Crippen LogP contribution in [0.3, 0.4) is 0 Å². The molecule has 4 aromatic rings. The van der Waals surface area contributed by atoms with Crippen molar-refractivity contribution in [2.75, 3.05) is 6.61 Å². The van der Waals surface area contributed by atoms with E-state index in [1.165, 1.54) is 0 Å². The first-order valence-corrected chi connectivity index (χ1v) is 11.2. The Morgan fingerprint density at radius 1 is 0.971 bits per heavy atom. The van der Waals surface area contributed by atoms with Crippen molar-refractivity contribution in [2.45, 2.75) is 32.9 Å². The number of pyridine rings is 1. The fourth-order valence-corrected chi connectivity index (χ4v) is 3.60. The molecule has 0 radical (unpaired) electrons. The van der Waals surface area contributed by atoms with Gasteiger partial charge in [0.05, 0.1) is 13.2 Å². The van der Waals surface area contributed by atoms with Gasteiger partial charge < -0.3 is 14.6 Å². The number of carboxylic acids is 1. The summed E-state index contributed by atoms with van der Waals surface area (Å²) < 4.78 is 13.3. The Morgan fingerprint density at radius 3 is 2.50 bits per heavy atom. The summed E-state index contributed by atoms with van der Waals surface area (Å²) in [4.78, 5) is 15.3. The van der Waals surface area contributed by atoms with Crippen molar-refractivity contribution in [3.8, 4) is 22.8 Å². The number of ether oxygens (including phenoxy) is 2. The van der Waals surface area contributed by atoms with Crippen LogP contribution in [0.25, 0.3) is 11.1 Å². The van der Waals surface area contributed by atoms with Crippen molar-refractivity contribution in [3.63, 3.8) is 0 Å². The lowest BCUT2D eigenvalue weighted by Gasteiger charge is -2.09. The highest BCUT2D eigenvalue weighted by atomic mass is 16.5. The molecule has 0 atom stereocenters. The van der Waals surface area contributed by atoms with Gasteiger partial charge >= 0.3 is 5.97 Å². The SMILES string of the molecule is CCOc1nn(Cc2ccc(OCc3cncc(-c4ccccc4)c3)cc2)cc1CCC(=O)O. The molecule has 174 valence electrons. The maximum absolute atomic E-state index is 10.9. The number of carbonyl (C=O) groups is 1.